The molecule has 9 nitrogen and oxygen atoms in total. The number of nitrogens with zero attached hydrogens (tertiary/aromatic N) is 1. The van der Waals surface area contributed by atoms with Crippen LogP contribution in [0, 0.1) is 0 Å². The number of hydrogen-bond donors (Lipinski definition) is 0. The molecule has 48 heavy (non-hydrogen) atoms. The molecule has 0 saturated carbocycles. The fourth-order valence-electron chi connectivity index (χ4n) is 5.48. The number of unbranched alkanes of at least 4 members (excludes halogenated alkanes) is 22. The minimum absolute atomic E-state index is 0.0261. The van der Waals surface area contributed by atoms with Crippen LogP contribution in [0.25, 0.3) is 0 Å². The second kappa shape index (κ2) is 32.0. The van der Waals surface area contributed by atoms with Crippen LogP contribution >= 0.6 is 7.82 Å². The summed E-state index contributed by atoms with van der Waals surface area (Å²) >= 11 is 0. The fourth-order valence-corrected chi connectivity index (χ4v) is 6.21. The highest BCUT2D eigenvalue weighted by atomic mass is 31.2. The Balaban J connectivity index is 4.39. The lowest BCUT2D eigenvalue weighted by Crippen LogP contribution is -2.37. The standard InChI is InChI=1S/C38H76NO8P/c1-6-8-10-12-14-16-18-19-21-22-24-26-28-30-37(40)44-34-36(35-46-48(42,43)45-33-32-39(3,4)5)47-38(41)31-29-27-25-23-20-17-15-13-11-9-7-2/h36H,6-35H2,1-5H3/t36-/m1/s1. The molecule has 0 amide bonds. The maximum Gasteiger partial charge on any atom is 0.306 e. The highest BCUT2D eigenvalue weighted by molar-refractivity contribution is 7.45. The van der Waals surface area contributed by atoms with E-state index in [2.05, 4.69) is 13.8 Å². The molecule has 0 rings (SSSR count). The zero-order chi connectivity index (χ0) is 35.8. The first-order chi connectivity index (χ1) is 23.0. The van der Waals surface area contributed by atoms with Crippen LogP contribution in [0.5, 0.6) is 0 Å². The molecule has 0 saturated heterocycles. The Labute approximate surface area is 295 Å². The number of carbonyl (C=O) groups is 2. The third kappa shape index (κ3) is 34.9. The van der Waals surface area contributed by atoms with Crippen LogP contribution in [0.3, 0.4) is 0 Å². The van der Waals surface area contributed by atoms with E-state index in [0.29, 0.717) is 17.4 Å². The van der Waals surface area contributed by atoms with Gasteiger partial charge in [-0.25, -0.2) is 0 Å². The maximum atomic E-state index is 12.6. The SMILES string of the molecule is CCCCCCCCCCCCCCCC(=O)OC[C@H](COP(=O)([O-])OCC[N+](C)(C)C)OC(=O)CCCCCCCCCCCCC. The molecule has 0 heterocycles. The molecule has 0 N–H and O–H groups in total. The van der Waals surface area contributed by atoms with Crippen LogP contribution in [0.15, 0.2) is 0 Å². The third-order valence-corrected chi connectivity index (χ3v) is 9.59. The maximum absolute atomic E-state index is 12.6. The molecule has 0 aromatic carbocycles. The fraction of sp³-hybridized carbons (Fsp3) is 0.947. The van der Waals surface area contributed by atoms with Gasteiger partial charge in [0.15, 0.2) is 6.10 Å². The number of rotatable bonds is 36. The molecule has 0 aliphatic heterocycles. The summed E-state index contributed by atoms with van der Waals surface area (Å²) in [4.78, 5) is 37.3. The topological polar surface area (TPSA) is 111 Å². The Hall–Kier alpha value is -0.990. The largest absolute Gasteiger partial charge is 0.756 e. The van der Waals surface area contributed by atoms with Crippen molar-refractivity contribution in [2.75, 3.05) is 47.5 Å². The number of phosphoric ester groups is 1. The van der Waals surface area contributed by atoms with Gasteiger partial charge < -0.3 is 27.9 Å². The first kappa shape index (κ1) is 47.0. The molecule has 0 aromatic heterocycles. The van der Waals surface area contributed by atoms with Gasteiger partial charge in [0.25, 0.3) is 7.82 Å². The number of ether oxygens (including phenoxy) is 2. The van der Waals surface area contributed by atoms with Gasteiger partial charge >= 0.3 is 11.9 Å². The third-order valence-electron chi connectivity index (χ3n) is 8.63. The van der Waals surface area contributed by atoms with Crippen molar-refractivity contribution in [2.45, 2.75) is 187 Å². The van der Waals surface area contributed by atoms with E-state index < -0.39 is 26.5 Å². The Morgan fingerprint density at radius 1 is 0.562 bits per heavy atom. The van der Waals surface area contributed by atoms with Crippen molar-refractivity contribution in [1.29, 1.82) is 0 Å². The molecule has 0 aliphatic carbocycles. The second-order valence-electron chi connectivity index (χ2n) is 14.7. The summed E-state index contributed by atoms with van der Waals surface area (Å²) in [6, 6.07) is 0. The molecule has 286 valence electrons. The van der Waals surface area contributed by atoms with E-state index in [0.717, 1.165) is 32.1 Å². The van der Waals surface area contributed by atoms with Crippen LogP contribution < -0.4 is 4.89 Å². The number of likely N-dealkylation sites (N-methyl/N-ethyl adjacent to an activating group) is 1. The highest BCUT2D eigenvalue weighted by Gasteiger charge is 2.21. The molecule has 10 heteroatoms. The van der Waals surface area contributed by atoms with E-state index in [4.69, 9.17) is 18.5 Å². The summed E-state index contributed by atoms with van der Waals surface area (Å²) in [7, 11) is 1.18. The summed E-state index contributed by atoms with van der Waals surface area (Å²) in [6.07, 6.45) is 28.4. The van der Waals surface area contributed by atoms with Gasteiger partial charge in [0.05, 0.1) is 27.7 Å². The smallest absolute Gasteiger partial charge is 0.306 e. The predicted octanol–water partition coefficient (Wildman–Crippen LogP) is 9.83. The molecule has 0 radical (unpaired) electrons. The lowest BCUT2D eigenvalue weighted by atomic mass is 10.0. The molecule has 2 atom stereocenters. The van der Waals surface area contributed by atoms with Gasteiger partial charge in [-0.2, -0.15) is 0 Å². The van der Waals surface area contributed by atoms with Gasteiger partial charge in [-0.05, 0) is 12.8 Å². The molecular formula is C38H76NO8P. The van der Waals surface area contributed by atoms with Crippen molar-refractivity contribution in [3.8, 4) is 0 Å². The minimum Gasteiger partial charge on any atom is -0.756 e. The molecule has 0 aliphatic rings. The van der Waals surface area contributed by atoms with Crippen LogP contribution in [0.2, 0.25) is 0 Å². The predicted molar refractivity (Wildman–Crippen MR) is 195 cm³/mol. The molecule has 0 fully saturated rings. The average molecular weight is 706 g/mol. The summed E-state index contributed by atoms with van der Waals surface area (Å²) < 4.78 is 33.7. The number of carbonyl (C=O) groups excluding carboxylic acids is 2. The Morgan fingerprint density at radius 3 is 1.33 bits per heavy atom. The van der Waals surface area contributed by atoms with Gasteiger partial charge in [-0.3, -0.25) is 14.2 Å². The average Bonchev–Trinajstić information content (AvgIpc) is 3.02. The van der Waals surface area contributed by atoms with E-state index in [1.54, 1.807) is 0 Å². The van der Waals surface area contributed by atoms with E-state index in [1.165, 1.54) is 116 Å². The van der Waals surface area contributed by atoms with Crippen molar-refractivity contribution in [1.82, 2.24) is 0 Å². The Kier molecular flexibility index (Phi) is 31.3. The van der Waals surface area contributed by atoms with Gasteiger partial charge in [0, 0.05) is 12.8 Å². The normalized spacial score (nSPS) is 13.7. The molecule has 0 bridgehead atoms. The molecule has 1 unspecified atom stereocenters. The van der Waals surface area contributed by atoms with Crippen LogP contribution in [-0.4, -0.2) is 70.0 Å². The molecular weight excluding hydrogens is 629 g/mol. The number of quaternary nitrogens is 1. The summed E-state index contributed by atoms with van der Waals surface area (Å²) in [6.45, 7) is 4.22. The van der Waals surface area contributed by atoms with Crippen molar-refractivity contribution in [2.24, 2.45) is 0 Å². The lowest BCUT2D eigenvalue weighted by Gasteiger charge is -2.28. The molecule has 0 aromatic rings. The minimum atomic E-state index is -4.61. The van der Waals surface area contributed by atoms with E-state index in [1.807, 2.05) is 21.1 Å². The zero-order valence-electron chi connectivity index (χ0n) is 32.0. The van der Waals surface area contributed by atoms with Crippen molar-refractivity contribution in [3.05, 3.63) is 0 Å². The zero-order valence-corrected chi connectivity index (χ0v) is 32.8. The van der Waals surface area contributed by atoms with E-state index >= 15 is 0 Å². The number of phosphoric acid groups is 1. The van der Waals surface area contributed by atoms with Gasteiger partial charge in [0.1, 0.15) is 19.8 Å². The quantitative estimate of drug-likeness (QED) is 0.0274. The Bertz CT molecular complexity index is 804. The highest BCUT2D eigenvalue weighted by Crippen LogP contribution is 2.38. The van der Waals surface area contributed by atoms with Crippen LogP contribution in [0.4, 0.5) is 0 Å². The van der Waals surface area contributed by atoms with Crippen LogP contribution in [-0.2, 0) is 32.7 Å². The van der Waals surface area contributed by atoms with Crippen molar-refractivity contribution in [3.63, 3.8) is 0 Å². The molecule has 0 spiro atoms. The van der Waals surface area contributed by atoms with E-state index in [9.17, 15) is 19.0 Å². The monoisotopic (exact) mass is 706 g/mol. The van der Waals surface area contributed by atoms with Gasteiger partial charge in [-0.1, -0.05) is 155 Å². The summed E-state index contributed by atoms with van der Waals surface area (Å²) in [5.41, 5.74) is 0. The van der Waals surface area contributed by atoms with Gasteiger partial charge in [0.2, 0.25) is 0 Å². The van der Waals surface area contributed by atoms with E-state index in [-0.39, 0.29) is 32.0 Å². The Morgan fingerprint density at radius 2 is 0.938 bits per heavy atom. The number of hydrogen-bond acceptors (Lipinski definition) is 8. The first-order valence-electron chi connectivity index (χ1n) is 19.7. The number of esters is 2. The summed E-state index contributed by atoms with van der Waals surface area (Å²) in [5.74, 6) is -0.826. The summed E-state index contributed by atoms with van der Waals surface area (Å²) in [5, 5.41) is 0. The van der Waals surface area contributed by atoms with Gasteiger partial charge in [-0.15, -0.1) is 0 Å². The van der Waals surface area contributed by atoms with Crippen molar-refractivity contribution < 1.29 is 42.1 Å². The first-order valence-corrected chi connectivity index (χ1v) is 21.2. The second-order valence-corrected chi connectivity index (χ2v) is 16.1. The van der Waals surface area contributed by atoms with Crippen molar-refractivity contribution >= 4 is 19.8 Å². The van der Waals surface area contributed by atoms with Crippen LogP contribution in [0.1, 0.15) is 181 Å². The lowest BCUT2D eigenvalue weighted by molar-refractivity contribution is -0.870.